The number of piperazine rings is 1. The van der Waals surface area contributed by atoms with Gasteiger partial charge in [-0.2, -0.15) is 0 Å². The lowest BCUT2D eigenvalue weighted by Crippen LogP contribution is -2.46. The first kappa shape index (κ1) is 17.2. The Hall–Kier alpha value is -2.67. The van der Waals surface area contributed by atoms with Gasteiger partial charge >= 0.3 is 0 Å². The molecule has 1 N–H and O–H groups in total. The Balaban J connectivity index is 1.65. The second kappa shape index (κ2) is 7.48. The number of carbonyl (C=O) groups excluding carboxylic acids is 2. The molecule has 0 saturated carbocycles. The standard InChI is InChI=1S/C17H18ClN5O2/c1-12-8-13(18)2-3-14(12)21-17(25)15-9-20-16(10-19-15)23-6-4-22(11-24)5-7-23/h2-3,8-11H,4-7H2,1H3,(H,21,25). The molecular weight excluding hydrogens is 342 g/mol. The molecular formula is C17H18ClN5O2. The van der Waals surface area contributed by atoms with E-state index in [0.29, 0.717) is 42.7 Å². The minimum atomic E-state index is -0.324. The highest BCUT2D eigenvalue weighted by atomic mass is 35.5. The van der Waals surface area contributed by atoms with Crippen LogP contribution >= 0.6 is 11.6 Å². The molecule has 1 fully saturated rings. The molecule has 7 nitrogen and oxygen atoms in total. The van der Waals surface area contributed by atoms with Crippen LogP contribution in [0.1, 0.15) is 16.1 Å². The summed E-state index contributed by atoms with van der Waals surface area (Å²) in [5.74, 6) is 0.375. The van der Waals surface area contributed by atoms with E-state index in [2.05, 4.69) is 15.3 Å². The number of aryl methyl sites for hydroxylation is 1. The molecule has 3 rings (SSSR count). The van der Waals surface area contributed by atoms with Crippen LogP contribution in [0.4, 0.5) is 11.5 Å². The van der Waals surface area contributed by atoms with Crippen LogP contribution in [-0.4, -0.2) is 53.4 Å². The number of halogens is 1. The van der Waals surface area contributed by atoms with Crippen molar-refractivity contribution in [3.63, 3.8) is 0 Å². The monoisotopic (exact) mass is 359 g/mol. The quantitative estimate of drug-likeness (QED) is 0.844. The number of benzene rings is 1. The Kier molecular flexibility index (Phi) is 5.14. The third kappa shape index (κ3) is 4.06. The Morgan fingerprint density at radius 3 is 2.56 bits per heavy atom. The van der Waals surface area contributed by atoms with Crippen molar-refractivity contribution in [3.05, 3.63) is 46.9 Å². The highest BCUT2D eigenvalue weighted by Gasteiger charge is 2.18. The SMILES string of the molecule is Cc1cc(Cl)ccc1NC(=O)c1cnc(N2CCN(C=O)CC2)cn1. The predicted molar refractivity (Wildman–Crippen MR) is 96.0 cm³/mol. The first-order valence-corrected chi connectivity index (χ1v) is 8.28. The number of anilines is 2. The number of rotatable bonds is 4. The molecule has 1 aliphatic rings. The van der Waals surface area contributed by atoms with E-state index < -0.39 is 0 Å². The molecule has 0 spiro atoms. The zero-order chi connectivity index (χ0) is 17.8. The van der Waals surface area contributed by atoms with Crippen LogP contribution in [0.25, 0.3) is 0 Å². The van der Waals surface area contributed by atoms with Crippen LogP contribution in [0.5, 0.6) is 0 Å². The number of carbonyl (C=O) groups is 2. The number of nitrogens with zero attached hydrogens (tertiary/aromatic N) is 4. The van der Waals surface area contributed by atoms with Gasteiger partial charge in [-0.3, -0.25) is 9.59 Å². The Morgan fingerprint density at radius 2 is 1.96 bits per heavy atom. The number of hydrogen-bond acceptors (Lipinski definition) is 5. The van der Waals surface area contributed by atoms with Crippen molar-refractivity contribution >= 4 is 35.4 Å². The molecule has 0 bridgehead atoms. The Labute approximate surface area is 150 Å². The maximum absolute atomic E-state index is 12.3. The van der Waals surface area contributed by atoms with Crippen molar-refractivity contribution in [2.75, 3.05) is 36.4 Å². The summed E-state index contributed by atoms with van der Waals surface area (Å²) in [6, 6.07) is 5.26. The average molecular weight is 360 g/mol. The molecule has 0 radical (unpaired) electrons. The minimum absolute atomic E-state index is 0.240. The molecule has 2 aromatic rings. The highest BCUT2D eigenvalue weighted by molar-refractivity contribution is 6.30. The molecule has 1 saturated heterocycles. The lowest BCUT2D eigenvalue weighted by molar-refractivity contribution is -0.118. The fraction of sp³-hybridized carbons (Fsp3) is 0.294. The molecule has 25 heavy (non-hydrogen) atoms. The van der Waals surface area contributed by atoms with Gasteiger partial charge in [0, 0.05) is 36.9 Å². The van der Waals surface area contributed by atoms with Gasteiger partial charge in [0.1, 0.15) is 11.5 Å². The van der Waals surface area contributed by atoms with Crippen LogP contribution < -0.4 is 10.2 Å². The van der Waals surface area contributed by atoms with Gasteiger partial charge in [0.2, 0.25) is 6.41 Å². The van der Waals surface area contributed by atoms with Crippen LogP contribution in [-0.2, 0) is 4.79 Å². The fourth-order valence-electron chi connectivity index (χ4n) is 2.61. The van der Waals surface area contributed by atoms with Crippen molar-refractivity contribution in [2.45, 2.75) is 6.92 Å². The van der Waals surface area contributed by atoms with Crippen molar-refractivity contribution in [3.8, 4) is 0 Å². The van der Waals surface area contributed by atoms with Crippen molar-refractivity contribution in [2.24, 2.45) is 0 Å². The first-order valence-electron chi connectivity index (χ1n) is 7.90. The van der Waals surface area contributed by atoms with E-state index in [1.165, 1.54) is 6.20 Å². The van der Waals surface area contributed by atoms with E-state index in [9.17, 15) is 9.59 Å². The van der Waals surface area contributed by atoms with Crippen LogP contribution in [0.2, 0.25) is 5.02 Å². The summed E-state index contributed by atoms with van der Waals surface area (Å²) >= 11 is 5.92. The van der Waals surface area contributed by atoms with E-state index in [1.54, 1.807) is 29.3 Å². The molecule has 8 heteroatoms. The van der Waals surface area contributed by atoms with Crippen molar-refractivity contribution < 1.29 is 9.59 Å². The minimum Gasteiger partial charge on any atom is -0.352 e. The van der Waals surface area contributed by atoms with E-state index in [4.69, 9.17) is 11.6 Å². The van der Waals surface area contributed by atoms with Crippen molar-refractivity contribution in [1.29, 1.82) is 0 Å². The van der Waals surface area contributed by atoms with Crippen molar-refractivity contribution in [1.82, 2.24) is 14.9 Å². The molecule has 0 atom stereocenters. The summed E-state index contributed by atoms with van der Waals surface area (Å²) in [6.45, 7) is 4.58. The van der Waals surface area contributed by atoms with Gasteiger partial charge in [0.15, 0.2) is 0 Å². The topological polar surface area (TPSA) is 78.4 Å². The molecule has 2 heterocycles. The van der Waals surface area contributed by atoms with Crippen LogP contribution in [0.3, 0.4) is 0 Å². The number of hydrogen-bond donors (Lipinski definition) is 1. The molecule has 130 valence electrons. The number of aromatic nitrogens is 2. The summed E-state index contributed by atoms with van der Waals surface area (Å²) in [5, 5.41) is 3.43. The Bertz CT molecular complexity index is 773. The fourth-order valence-corrected chi connectivity index (χ4v) is 2.84. The van der Waals surface area contributed by atoms with Gasteiger partial charge in [-0.05, 0) is 30.7 Å². The lowest BCUT2D eigenvalue weighted by atomic mass is 10.2. The normalized spacial score (nSPS) is 14.3. The van der Waals surface area contributed by atoms with Gasteiger partial charge in [-0.15, -0.1) is 0 Å². The average Bonchev–Trinajstić information content (AvgIpc) is 2.64. The summed E-state index contributed by atoms with van der Waals surface area (Å²) < 4.78 is 0. The number of amides is 2. The van der Waals surface area contributed by atoms with Gasteiger partial charge in [0.05, 0.1) is 12.4 Å². The predicted octanol–water partition coefficient (Wildman–Crippen LogP) is 1.97. The second-order valence-corrected chi connectivity index (χ2v) is 6.24. The molecule has 1 aliphatic heterocycles. The molecule has 1 aromatic heterocycles. The third-order valence-corrected chi connectivity index (χ3v) is 4.33. The van der Waals surface area contributed by atoms with E-state index in [1.807, 2.05) is 11.8 Å². The maximum Gasteiger partial charge on any atom is 0.275 e. The second-order valence-electron chi connectivity index (χ2n) is 5.80. The van der Waals surface area contributed by atoms with Crippen LogP contribution in [0, 0.1) is 6.92 Å². The first-order chi connectivity index (χ1) is 12.1. The van der Waals surface area contributed by atoms with Gasteiger partial charge in [-0.1, -0.05) is 11.6 Å². The molecule has 1 aromatic carbocycles. The molecule has 0 aliphatic carbocycles. The maximum atomic E-state index is 12.3. The summed E-state index contributed by atoms with van der Waals surface area (Å²) in [5.41, 5.74) is 1.80. The van der Waals surface area contributed by atoms with E-state index >= 15 is 0 Å². The third-order valence-electron chi connectivity index (χ3n) is 4.09. The van der Waals surface area contributed by atoms with E-state index in [-0.39, 0.29) is 11.6 Å². The van der Waals surface area contributed by atoms with E-state index in [0.717, 1.165) is 12.0 Å². The summed E-state index contributed by atoms with van der Waals surface area (Å²) in [6.07, 6.45) is 3.90. The smallest absolute Gasteiger partial charge is 0.275 e. The highest BCUT2D eigenvalue weighted by Crippen LogP contribution is 2.20. The molecule has 2 amide bonds. The lowest BCUT2D eigenvalue weighted by Gasteiger charge is -2.33. The van der Waals surface area contributed by atoms with Gasteiger partial charge in [0.25, 0.3) is 5.91 Å². The van der Waals surface area contributed by atoms with Gasteiger partial charge < -0.3 is 15.1 Å². The summed E-state index contributed by atoms with van der Waals surface area (Å²) in [7, 11) is 0. The van der Waals surface area contributed by atoms with Crippen LogP contribution in [0.15, 0.2) is 30.6 Å². The number of nitrogens with one attached hydrogen (secondary N) is 1. The Morgan fingerprint density at radius 1 is 1.20 bits per heavy atom. The summed E-state index contributed by atoms with van der Waals surface area (Å²) in [4.78, 5) is 35.4. The zero-order valence-corrected chi connectivity index (χ0v) is 14.5. The zero-order valence-electron chi connectivity index (χ0n) is 13.8. The largest absolute Gasteiger partial charge is 0.352 e. The van der Waals surface area contributed by atoms with Gasteiger partial charge in [-0.25, -0.2) is 9.97 Å². The molecule has 0 unspecified atom stereocenters.